The average Bonchev–Trinajstić information content (AvgIpc) is 2.42. The molecule has 0 aliphatic heterocycles. The summed E-state index contributed by atoms with van der Waals surface area (Å²) < 4.78 is 10.7. The Hall–Kier alpha value is -1.32. The second-order valence-electron chi connectivity index (χ2n) is 8.54. The van der Waals surface area contributed by atoms with Gasteiger partial charge in [0.1, 0.15) is 5.60 Å². The fourth-order valence-electron chi connectivity index (χ4n) is 5.52. The topological polar surface area (TPSA) is 52.6 Å². The molecule has 0 aromatic rings. The first-order valence-electron chi connectivity index (χ1n) is 8.75. The van der Waals surface area contributed by atoms with Crippen molar-refractivity contribution in [2.75, 3.05) is 6.61 Å². The molecule has 0 aromatic carbocycles. The molecule has 4 bridgehead atoms. The highest BCUT2D eigenvalue weighted by atomic mass is 16.6. The lowest BCUT2D eigenvalue weighted by molar-refractivity contribution is -0.202. The second kappa shape index (κ2) is 5.64. The summed E-state index contributed by atoms with van der Waals surface area (Å²) in [5.41, 5.74) is -0.107. The van der Waals surface area contributed by atoms with Gasteiger partial charge in [0.2, 0.25) is 0 Å². The first-order valence-corrected chi connectivity index (χ1v) is 8.75. The van der Waals surface area contributed by atoms with E-state index < -0.39 is 17.5 Å². The molecule has 0 saturated heterocycles. The van der Waals surface area contributed by atoms with E-state index in [1.165, 1.54) is 38.5 Å². The van der Waals surface area contributed by atoms with Crippen LogP contribution in [0.2, 0.25) is 0 Å². The molecule has 23 heavy (non-hydrogen) atoms. The summed E-state index contributed by atoms with van der Waals surface area (Å²) in [6.45, 7) is 8.82. The molecule has 4 fully saturated rings. The van der Waals surface area contributed by atoms with Crippen LogP contribution < -0.4 is 0 Å². The monoisotopic (exact) mass is 320 g/mol. The summed E-state index contributed by atoms with van der Waals surface area (Å²) in [7, 11) is 0. The number of carbonyl (C=O) groups excluding carboxylic acids is 2. The normalized spacial score (nSPS) is 35.0. The highest BCUT2D eigenvalue weighted by Crippen LogP contribution is 2.64. The lowest BCUT2D eigenvalue weighted by atomic mass is 9.46. The first-order chi connectivity index (χ1) is 10.7. The van der Waals surface area contributed by atoms with E-state index in [4.69, 9.17) is 9.47 Å². The molecule has 4 nitrogen and oxygen atoms in total. The number of hydrogen-bond donors (Lipinski definition) is 0. The van der Waals surface area contributed by atoms with E-state index in [0.717, 1.165) is 17.8 Å². The Morgan fingerprint density at radius 3 is 2.00 bits per heavy atom. The van der Waals surface area contributed by atoms with Crippen molar-refractivity contribution in [3.8, 4) is 0 Å². The van der Waals surface area contributed by atoms with Gasteiger partial charge in [-0.1, -0.05) is 6.58 Å². The van der Waals surface area contributed by atoms with E-state index in [-0.39, 0.29) is 17.6 Å². The fraction of sp³-hybridized carbons (Fsp3) is 0.789. The van der Waals surface area contributed by atoms with Crippen LogP contribution in [0.5, 0.6) is 0 Å². The van der Waals surface area contributed by atoms with Crippen molar-refractivity contribution in [2.45, 2.75) is 64.9 Å². The second-order valence-corrected chi connectivity index (χ2v) is 8.54. The minimum Gasteiger partial charge on any atom is -0.457 e. The molecule has 0 aromatic heterocycles. The van der Waals surface area contributed by atoms with Crippen molar-refractivity contribution < 1.29 is 19.1 Å². The summed E-state index contributed by atoms with van der Waals surface area (Å²) in [5, 5.41) is 0. The third-order valence-corrected chi connectivity index (χ3v) is 6.35. The number of carbonyl (C=O) groups is 2. The van der Waals surface area contributed by atoms with Crippen molar-refractivity contribution >= 4 is 11.9 Å². The molecular weight excluding hydrogens is 292 g/mol. The Labute approximate surface area is 138 Å². The highest BCUT2D eigenvalue weighted by molar-refractivity contribution is 5.88. The zero-order valence-corrected chi connectivity index (χ0v) is 14.5. The van der Waals surface area contributed by atoms with E-state index in [1.54, 1.807) is 6.92 Å². The molecule has 0 spiro atoms. The lowest BCUT2D eigenvalue weighted by Crippen LogP contribution is -2.57. The summed E-state index contributed by atoms with van der Waals surface area (Å²) in [6, 6.07) is 0. The van der Waals surface area contributed by atoms with Gasteiger partial charge in [0, 0.05) is 11.0 Å². The fourth-order valence-corrected chi connectivity index (χ4v) is 5.52. The SMILES string of the molecule is C=C(C)C(=O)OCC(=O)OC(C)(C)C12CC3CC(CC(C3)C1)C2. The number of ether oxygens (including phenoxy) is 2. The zero-order chi connectivity index (χ0) is 16.8. The Morgan fingerprint density at radius 2 is 1.57 bits per heavy atom. The Morgan fingerprint density at radius 1 is 1.09 bits per heavy atom. The summed E-state index contributed by atoms with van der Waals surface area (Å²) in [5.74, 6) is 1.41. The molecular formula is C19H28O4. The van der Waals surface area contributed by atoms with E-state index >= 15 is 0 Å². The van der Waals surface area contributed by atoms with Crippen molar-refractivity contribution in [2.24, 2.45) is 23.2 Å². The lowest BCUT2D eigenvalue weighted by Gasteiger charge is -2.61. The average molecular weight is 320 g/mol. The smallest absolute Gasteiger partial charge is 0.344 e. The molecule has 0 radical (unpaired) electrons. The number of esters is 2. The van der Waals surface area contributed by atoms with Gasteiger partial charge in [-0.05, 0) is 77.0 Å². The van der Waals surface area contributed by atoms with Crippen LogP contribution in [0.1, 0.15) is 59.3 Å². The van der Waals surface area contributed by atoms with Gasteiger partial charge in [0.15, 0.2) is 6.61 Å². The highest BCUT2D eigenvalue weighted by Gasteiger charge is 2.58. The van der Waals surface area contributed by atoms with Crippen molar-refractivity contribution in [3.05, 3.63) is 12.2 Å². The third-order valence-electron chi connectivity index (χ3n) is 6.35. The summed E-state index contributed by atoms with van der Waals surface area (Å²) in [6.07, 6.45) is 7.60. The zero-order valence-electron chi connectivity index (χ0n) is 14.5. The molecule has 4 rings (SSSR count). The molecule has 4 saturated carbocycles. The maximum Gasteiger partial charge on any atom is 0.344 e. The van der Waals surface area contributed by atoms with Crippen molar-refractivity contribution in [1.29, 1.82) is 0 Å². The van der Waals surface area contributed by atoms with Crippen molar-refractivity contribution in [1.82, 2.24) is 0 Å². The molecule has 0 amide bonds. The van der Waals surface area contributed by atoms with Gasteiger partial charge in [0.05, 0.1) is 0 Å². The molecule has 128 valence electrons. The van der Waals surface area contributed by atoms with Crippen LogP contribution in [0.25, 0.3) is 0 Å². The van der Waals surface area contributed by atoms with Crippen LogP contribution in [0, 0.1) is 23.2 Å². The third kappa shape index (κ3) is 3.05. The molecule has 0 heterocycles. The van der Waals surface area contributed by atoms with Crippen LogP contribution in [0.3, 0.4) is 0 Å². The van der Waals surface area contributed by atoms with E-state index in [2.05, 4.69) is 6.58 Å². The van der Waals surface area contributed by atoms with E-state index in [9.17, 15) is 9.59 Å². The van der Waals surface area contributed by atoms with Gasteiger partial charge in [0.25, 0.3) is 0 Å². The van der Waals surface area contributed by atoms with E-state index in [0.29, 0.717) is 0 Å². The first kappa shape index (κ1) is 16.5. The predicted molar refractivity (Wildman–Crippen MR) is 86.5 cm³/mol. The predicted octanol–water partition coefficient (Wildman–Crippen LogP) is 3.64. The van der Waals surface area contributed by atoms with Crippen LogP contribution in [0.15, 0.2) is 12.2 Å². The largest absolute Gasteiger partial charge is 0.457 e. The van der Waals surface area contributed by atoms with Crippen LogP contribution in [-0.4, -0.2) is 24.1 Å². The van der Waals surface area contributed by atoms with Crippen molar-refractivity contribution in [3.63, 3.8) is 0 Å². The summed E-state index contributed by atoms with van der Waals surface area (Å²) in [4.78, 5) is 23.6. The van der Waals surface area contributed by atoms with Gasteiger partial charge < -0.3 is 9.47 Å². The molecule has 0 N–H and O–H groups in total. The number of rotatable bonds is 5. The quantitative estimate of drug-likeness (QED) is 0.573. The summed E-state index contributed by atoms with van der Waals surface area (Å²) >= 11 is 0. The minimum absolute atomic E-state index is 0.107. The molecule has 0 unspecified atom stereocenters. The number of hydrogen-bond acceptors (Lipinski definition) is 4. The molecule has 4 aliphatic carbocycles. The Balaban J connectivity index is 1.63. The van der Waals surface area contributed by atoms with Gasteiger partial charge in [-0.3, -0.25) is 0 Å². The van der Waals surface area contributed by atoms with Crippen LogP contribution >= 0.6 is 0 Å². The van der Waals surface area contributed by atoms with E-state index in [1.807, 2.05) is 13.8 Å². The maximum atomic E-state index is 12.1. The van der Waals surface area contributed by atoms with Gasteiger partial charge in [-0.25, -0.2) is 9.59 Å². The minimum atomic E-state index is -0.547. The van der Waals surface area contributed by atoms with Gasteiger partial charge in [-0.2, -0.15) is 0 Å². The van der Waals surface area contributed by atoms with Crippen LogP contribution in [-0.2, 0) is 19.1 Å². The van der Waals surface area contributed by atoms with Gasteiger partial charge >= 0.3 is 11.9 Å². The molecule has 4 aliphatic rings. The Kier molecular flexibility index (Phi) is 4.06. The molecule has 0 atom stereocenters. The standard InChI is InChI=1S/C19H28O4/c1-12(2)17(21)22-11-16(20)23-18(3,4)19-8-13-5-14(9-19)7-15(6-13)10-19/h13-15H,1,5-11H2,2-4H3. The van der Waals surface area contributed by atoms with Gasteiger partial charge in [-0.15, -0.1) is 0 Å². The van der Waals surface area contributed by atoms with Crippen LogP contribution in [0.4, 0.5) is 0 Å². The maximum absolute atomic E-state index is 12.1. The Bertz CT molecular complexity index is 496. The molecule has 4 heteroatoms.